The van der Waals surface area contributed by atoms with Crippen LogP contribution in [0, 0.1) is 6.92 Å². The van der Waals surface area contributed by atoms with E-state index in [0.29, 0.717) is 25.4 Å². The molecule has 0 bridgehead atoms. The highest BCUT2D eigenvalue weighted by Crippen LogP contribution is 2.25. The van der Waals surface area contributed by atoms with E-state index in [9.17, 15) is 9.59 Å². The Balaban J connectivity index is 1.52. The molecule has 30 heavy (non-hydrogen) atoms. The molecule has 2 aromatic heterocycles. The van der Waals surface area contributed by atoms with Gasteiger partial charge in [0.25, 0.3) is 5.91 Å². The molecule has 4 rings (SSSR count). The zero-order valence-electron chi connectivity index (χ0n) is 17.3. The van der Waals surface area contributed by atoms with Crippen LogP contribution >= 0.6 is 11.3 Å². The van der Waals surface area contributed by atoms with Crippen LogP contribution in [0.4, 0.5) is 0 Å². The van der Waals surface area contributed by atoms with Crippen molar-refractivity contribution in [3.05, 3.63) is 46.2 Å². The Labute approximate surface area is 181 Å². The van der Waals surface area contributed by atoms with Gasteiger partial charge in [0.1, 0.15) is 12.2 Å². The second kappa shape index (κ2) is 9.66. The molecule has 1 saturated heterocycles. The van der Waals surface area contributed by atoms with Gasteiger partial charge in [0.2, 0.25) is 5.91 Å². The van der Waals surface area contributed by atoms with E-state index < -0.39 is 0 Å². The van der Waals surface area contributed by atoms with Crippen LogP contribution in [-0.2, 0) is 16.1 Å². The van der Waals surface area contributed by atoms with E-state index in [4.69, 9.17) is 4.74 Å². The molecule has 2 amide bonds. The number of amides is 2. The number of ether oxygens (including phenoxy) is 1. The number of hydrogen-bond acceptors (Lipinski definition) is 6. The zero-order chi connectivity index (χ0) is 20.9. The molecule has 160 valence electrons. The van der Waals surface area contributed by atoms with Crippen LogP contribution in [0.1, 0.15) is 53.2 Å². The van der Waals surface area contributed by atoms with Gasteiger partial charge < -0.3 is 14.5 Å². The maximum absolute atomic E-state index is 13.1. The third-order valence-corrected chi connectivity index (χ3v) is 6.59. The number of aromatic nitrogens is 2. The lowest BCUT2D eigenvalue weighted by Gasteiger charge is -2.34. The molecule has 7 nitrogen and oxygen atoms in total. The summed E-state index contributed by atoms with van der Waals surface area (Å²) in [5.41, 5.74) is 1.38. The molecule has 1 aliphatic carbocycles. The molecular formula is C22H28N4O3S. The largest absolute Gasteiger partial charge is 0.370 e. The van der Waals surface area contributed by atoms with Gasteiger partial charge in [0.15, 0.2) is 0 Å². The van der Waals surface area contributed by atoms with Gasteiger partial charge in [-0.3, -0.25) is 14.6 Å². The van der Waals surface area contributed by atoms with E-state index in [0.717, 1.165) is 36.3 Å². The lowest BCUT2D eigenvalue weighted by atomic mass is 9.94. The standard InChI is InChI=1S/C22H28N4O3S/c1-16-24-20(15-30-16)22(28)25-11-19(29-14-17-6-5-9-23-10-17)12-26(21(27)13-25)18-7-3-2-4-8-18/h5-6,9-10,15,18-19H,2-4,7-8,11-14H2,1H3. The summed E-state index contributed by atoms with van der Waals surface area (Å²) in [6.45, 7) is 3.26. The highest BCUT2D eigenvalue weighted by molar-refractivity contribution is 7.09. The molecule has 3 heterocycles. The van der Waals surface area contributed by atoms with E-state index in [1.54, 1.807) is 22.7 Å². The molecule has 0 spiro atoms. The van der Waals surface area contributed by atoms with Crippen molar-refractivity contribution in [2.75, 3.05) is 19.6 Å². The second-order valence-electron chi connectivity index (χ2n) is 8.07. The lowest BCUT2D eigenvalue weighted by molar-refractivity contribution is -0.134. The van der Waals surface area contributed by atoms with Crippen molar-refractivity contribution in [1.82, 2.24) is 19.8 Å². The monoisotopic (exact) mass is 428 g/mol. The quantitative estimate of drug-likeness (QED) is 0.732. The first-order chi connectivity index (χ1) is 14.6. The van der Waals surface area contributed by atoms with Gasteiger partial charge >= 0.3 is 0 Å². The summed E-state index contributed by atoms with van der Waals surface area (Å²) in [6.07, 6.45) is 8.85. The fourth-order valence-electron chi connectivity index (χ4n) is 4.27. The maximum atomic E-state index is 13.1. The fourth-order valence-corrected chi connectivity index (χ4v) is 4.86. The Kier molecular flexibility index (Phi) is 6.74. The lowest BCUT2D eigenvalue weighted by Crippen LogP contribution is -2.46. The van der Waals surface area contributed by atoms with E-state index in [1.807, 2.05) is 24.0 Å². The summed E-state index contributed by atoms with van der Waals surface area (Å²) >= 11 is 1.44. The highest BCUT2D eigenvalue weighted by Gasteiger charge is 2.35. The van der Waals surface area contributed by atoms with Crippen molar-refractivity contribution in [2.45, 2.75) is 57.8 Å². The first kappa shape index (κ1) is 20.9. The van der Waals surface area contributed by atoms with Crippen LogP contribution < -0.4 is 0 Å². The van der Waals surface area contributed by atoms with Crippen molar-refractivity contribution >= 4 is 23.2 Å². The smallest absolute Gasteiger partial charge is 0.273 e. The molecule has 2 fully saturated rings. The molecule has 1 saturated carbocycles. The minimum absolute atomic E-state index is 0.00896. The van der Waals surface area contributed by atoms with E-state index in [2.05, 4.69) is 9.97 Å². The molecule has 0 aromatic carbocycles. The predicted octanol–water partition coefficient (Wildman–Crippen LogP) is 3.05. The van der Waals surface area contributed by atoms with Crippen molar-refractivity contribution in [1.29, 1.82) is 0 Å². The fraction of sp³-hybridized carbons (Fsp3) is 0.545. The number of carbonyl (C=O) groups is 2. The van der Waals surface area contributed by atoms with Gasteiger partial charge in [0, 0.05) is 36.9 Å². The third kappa shape index (κ3) is 5.05. The minimum Gasteiger partial charge on any atom is -0.370 e. The molecule has 0 radical (unpaired) electrons. The van der Waals surface area contributed by atoms with E-state index >= 15 is 0 Å². The van der Waals surface area contributed by atoms with Crippen molar-refractivity contribution < 1.29 is 14.3 Å². The van der Waals surface area contributed by atoms with Crippen LogP contribution in [-0.4, -0.2) is 63.4 Å². The molecule has 2 aromatic rings. The van der Waals surface area contributed by atoms with Gasteiger partial charge in [-0.15, -0.1) is 11.3 Å². The van der Waals surface area contributed by atoms with Crippen molar-refractivity contribution in [2.24, 2.45) is 0 Å². The molecule has 1 unspecified atom stereocenters. The number of rotatable bonds is 5. The van der Waals surface area contributed by atoms with Crippen LogP contribution in [0.2, 0.25) is 0 Å². The zero-order valence-corrected chi connectivity index (χ0v) is 18.1. The van der Waals surface area contributed by atoms with Gasteiger partial charge in [-0.25, -0.2) is 4.98 Å². The first-order valence-electron chi connectivity index (χ1n) is 10.6. The van der Waals surface area contributed by atoms with Gasteiger partial charge in [-0.05, 0) is 31.4 Å². The predicted molar refractivity (Wildman–Crippen MR) is 114 cm³/mol. The molecule has 1 atom stereocenters. The Morgan fingerprint density at radius 2 is 2.10 bits per heavy atom. The van der Waals surface area contributed by atoms with Crippen molar-refractivity contribution in [3.63, 3.8) is 0 Å². The van der Waals surface area contributed by atoms with Gasteiger partial charge in [-0.1, -0.05) is 25.3 Å². The van der Waals surface area contributed by atoms with Crippen LogP contribution in [0.15, 0.2) is 29.9 Å². The average Bonchev–Trinajstić information content (AvgIpc) is 3.14. The topological polar surface area (TPSA) is 75.6 Å². The Morgan fingerprint density at radius 1 is 1.27 bits per heavy atom. The van der Waals surface area contributed by atoms with Gasteiger partial charge in [-0.2, -0.15) is 0 Å². The Bertz CT molecular complexity index is 866. The van der Waals surface area contributed by atoms with Crippen molar-refractivity contribution in [3.8, 4) is 0 Å². The summed E-state index contributed by atoms with van der Waals surface area (Å²) < 4.78 is 6.19. The molecular weight excluding hydrogens is 400 g/mol. The molecule has 1 aliphatic heterocycles. The van der Waals surface area contributed by atoms with E-state index in [1.165, 1.54) is 17.8 Å². The normalized spacial score (nSPS) is 21.0. The van der Waals surface area contributed by atoms with Crippen LogP contribution in [0.3, 0.4) is 0 Å². The van der Waals surface area contributed by atoms with Gasteiger partial charge in [0.05, 0.1) is 17.7 Å². The first-order valence-corrected chi connectivity index (χ1v) is 11.5. The molecule has 8 heteroatoms. The Morgan fingerprint density at radius 3 is 2.80 bits per heavy atom. The number of aryl methyl sites for hydroxylation is 1. The second-order valence-corrected chi connectivity index (χ2v) is 9.13. The number of hydrogen-bond donors (Lipinski definition) is 0. The SMILES string of the molecule is Cc1nc(C(=O)N2CC(=O)N(C3CCCCC3)CC(OCc3cccnc3)C2)cs1. The summed E-state index contributed by atoms with van der Waals surface area (Å²) in [7, 11) is 0. The van der Waals surface area contributed by atoms with Crippen LogP contribution in [0.25, 0.3) is 0 Å². The molecule has 2 aliphatic rings. The number of pyridine rings is 1. The summed E-state index contributed by atoms with van der Waals surface area (Å²) in [4.78, 5) is 38.2. The van der Waals surface area contributed by atoms with E-state index in [-0.39, 0.29) is 30.5 Å². The number of thiazole rings is 1. The van der Waals surface area contributed by atoms with Crippen LogP contribution in [0.5, 0.6) is 0 Å². The average molecular weight is 429 g/mol. The highest BCUT2D eigenvalue weighted by atomic mass is 32.1. The third-order valence-electron chi connectivity index (χ3n) is 5.82. The number of nitrogens with zero attached hydrogens (tertiary/aromatic N) is 4. The summed E-state index contributed by atoms with van der Waals surface area (Å²) in [6, 6.07) is 4.09. The molecule has 0 N–H and O–H groups in total. The summed E-state index contributed by atoms with van der Waals surface area (Å²) in [5, 5.41) is 2.60. The summed E-state index contributed by atoms with van der Waals surface area (Å²) in [5.74, 6) is -0.192. The number of carbonyl (C=O) groups excluding carboxylic acids is 2. The Hall–Kier alpha value is -2.32. The minimum atomic E-state index is -0.248. The maximum Gasteiger partial charge on any atom is 0.273 e.